The summed E-state index contributed by atoms with van der Waals surface area (Å²) in [5.41, 5.74) is 0.0479. The highest BCUT2D eigenvalue weighted by Gasteiger charge is 2.21. The second kappa shape index (κ2) is 8.08. The van der Waals surface area contributed by atoms with E-state index in [0.29, 0.717) is 6.04 Å². The fourth-order valence-corrected chi connectivity index (χ4v) is 1.65. The van der Waals surface area contributed by atoms with Gasteiger partial charge in [-0.1, -0.05) is 40.5 Å². The summed E-state index contributed by atoms with van der Waals surface area (Å²) in [5.74, 6) is 0.811. The third-order valence-corrected chi connectivity index (χ3v) is 3.53. The van der Waals surface area contributed by atoms with Gasteiger partial charge in [-0.15, -0.1) is 0 Å². The quantitative estimate of drug-likeness (QED) is 0.636. The van der Waals surface area contributed by atoms with E-state index in [4.69, 9.17) is 0 Å². The number of rotatable bonds is 9. The summed E-state index contributed by atoms with van der Waals surface area (Å²) in [6.45, 7) is 12.3. The van der Waals surface area contributed by atoms with Gasteiger partial charge < -0.3 is 10.4 Å². The van der Waals surface area contributed by atoms with Crippen LogP contribution in [0.3, 0.4) is 0 Å². The maximum Gasteiger partial charge on any atom is 0.0496 e. The zero-order valence-electron chi connectivity index (χ0n) is 11.8. The summed E-state index contributed by atoms with van der Waals surface area (Å²) in [5, 5.41) is 12.8. The Hall–Kier alpha value is -0.0800. The molecule has 0 saturated heterocycles. The van der Waals surface area contributed by atoms with Crippen LogP contribution in [0.25, 0.3) is 0 Å². The molecule has 0 fully saturated rings. The Morgan fingerprint density at radius 1 is 1.19 bits per heavy atom. The fraction of sp³-hybridized carbons (Fsp3) is 1.00. The van der Waals surface area contributed by atoms with Gasteiger partial charge in [-0.2, -0.15) is 0 Å². The summed E-state index contributed by atoms with van der Waals surface area (Å²) in [4.78, 5) is 0. The van der Waals surface area contributed by atoms with Crippen molar-refractivity contribution >= 4 is 0 Å². The van der Waals surface area contributed by atoms with E-state index in [-0.39, 0.29) is 12.0 Å². The van der Waals surface area contributed by atoms with Crippen LogP contribution in [0, 0.1) is 11.3 Å². The maximum absolute atomic E-state index is 9.31. The summed E-state index contributed by atoms with van der Waals surface area (Å²) >= 11 is 0. The molecule has 0 amide bonds. The minimum atomic E-state index is 0.0479. The Kier molecular flexibility index (Phi) is 8.04. The van der Waals surface area contributed by atoms with Crippen LogP contribution in [0.1, 0.15) is 60.3 Å². The molecule has 0 aromatic carbocycles. The van der Waals surface area contributed by atoms with E-state index in [1.807, 2.05) is 0 Å². The molecule has 2 N–H and O–H groups in total. The number of aliphatic hydroxyl groups is 1. The van der Waals surface area contributed by atoms with Crippen molar-refractivity contribution in [2.24, 2.45) is 11.3 Å². The van der Waals surface area contributed by atoms with Crippen molar-refractivity contribution in [1.29, 1.82) is 0 Å². The maximum atomic E-state index is 9.31. The lowest BCUT2D eigenvalue weighted by Crippen LogP contribution is -2.38. The molecule has 0 heterocycles. The molecule has 0 rings (SSSR count). The third kappa shape index (κ3) is 7.24. The third-order valence-electron chi connectivity index (χ3n) is 3.53. The van der Waals surface area contributed by atoms with E-state index in [2.05, 4.69) is 39.9 Å². The molecule has 0 radical (unpaired) electrons. The predicted octanol–water partition coefficient (Wildman–Crippen LogP) is 3.20. The summed E-state index contributed by atoms with van der Waals surface area (Å²) < 4.78 is 0. The van der Waals surface area contributed by atoms with Crippen LogP contribution < -0.4 is 5.32 Å². The largest absolute Gasteiger partial charge is 0.396 e. The van der Waals surface area contributed by atoms with Crippen LogP contribution in [-0.2, 0) is 0 Å². The van der Waals surface area contributed by atoms with Crippen LogP contribution in [-0.4, -0.2) is 24.3 Å². The Morgan fingerprint density at radius 2 is 1.81 bits per heavy atom. The highest BCUT2D eigenvalue weighted by Crippen LogP contribution is 2.19. The Balaban J connectivity index is 3.67. The van der Waals surface area contributed by atoms with Crippen LogP contribution in [0.4, 0.5) is 0 Å². The summed E-state index contributed by atoms with van der Waals surface area (Å²) in [7, 11) is 0. The van der Waals surface area contributed by atoms with Gasteiger partial charge >= 0.3 is 0 Å². The van der Waals surface area contributed by atoms with E-state index in [9.17, 15) is 5.11 Å². The van der Waals surface area contributed by atoms with Gasteiger partial charge in [0.05, 0.1) is 0 Å². The first-order valence-corrected chi connectivity index (χ1v) is 6.77. The Labute approximate surface area is 102 Å². The number of aliphatic hydroxyl groups excluding tert-OH is 1. The zero-order valence-corrected chi connectivity index (χ0v) is 11.8. The molecule has 0 aromatic heterocycles. The van der Waals surface area contributed by atoms with Crippen LogP contribution in [0.15, 0.2) is 0 Å². The monoisotopic (exact) mass is 229 g/mol. The molecular formula is C14H31NO. The fourth-order valence-electron chi connectivity index (χ4n) is 1.65. The standard InChI is InChI=1S/C14H31NO/c1-6-14(5,11-16)10-15-13(4)9-7-8-12(2)3/h12-13,15-16H,6-11H2,1-5H3. The number of hydrogen-bond donors (Lipinski definition) is 2. The molecule has 0 aromatic rings. The molecule has 16 heavy (non-hydrogen) atoms. The molecule has 0 aliphatic carbocycles. The molecule has 2 heteroatoms. The Bertz CT molecular complexity index is 164. The molecule has 2 nitrogen and oxygen atoms in total. The Morgan fingerprint density at radius 3 is 2.25 bits per heavy atom. The molecule has 2 unspecified atom stereocenters. The minimum absolute atomic E-state index is 0.0479. The van der Waals surface area contributed by atoms with Crippen LogP contribution >= 0.6 is 0 Å². The van der Waals surface area contributed by atoms with E-state index < -0.39 is 0 Å². The highest BCUT2D eigenvalue weighted by molar-refractivity contribution is 4.76. The van der Waals surface area contributed by atoms with E-state index >= 15 is 0 Å². The smallest absolute Gasteiger partial charge is 0.0496 e. The minimum Gasteiger partial charge on any atom is -0.396 e. The predicted molar refractivity (Wildman–Crippen MR) is 71.6 cm³/mol. The van der Waals surface area contributed by atoms with Gasteiger partial charge in [0.2, 0.25) is 0 Å². The van der Waals surface area contributed by atoms with Gasteiger partial charge in [-0.3, -0.25) is 0 Å². The molecule has 0 aliphatic rings. The lowest BCUT2D eigenvalue weighted by Gasteiger charge is -2.28. The molecule has 0 bridgehead atoms. The first-order valence-electron chi connectivity index (χ1n) is 6.77. The first-order chi connectivity index (χ1) is 7.43. The van der Waals surface area contributed by atoms with Crippen molar-refractivity contribution in [3.05, 3.63) is 0 Å². The van der Waals surface area contributed by atoms with Gasteiger partial charge in [0.25, 0.3) is 0 Å². The normalized spacial score (nSPS) is 17.4. The van der Waals surface area contributed by atoms with Crippen molar-refractivity contribution in [1.82, 2.24) is 5.32 Å². The molecule has 0 saturated carbocycles. The first kappa shape index (κ1) is 15.9. The lowest BCUT2D eigenvalue weighted by atomic mass is 9.88. The van der Waals surface area contributed by atoms with Gasteiger partial charge in [-0.25, -0.2) is 0 Å². The van der Waals surface area contributed by atoms with Gasteiger partial charge in [0, 0.05) is 24.6 Å². The van der Waals surface area contributed by atoms with Crippen molar-refractivity contribution in [3.8, 4) is 0 Å². The molecule has 0 aliphatic heterocycles. The SMILES string of the molecule is CCC(C)(CO)CNC(C)CCCC(C)C. The molecular weight excluding hydrogens is 198 g/mol. The van der Waals surface area contributed by atoms with Gasteiger partial charge in [0.15, 0.2) is 0 Å². The van der Waals surface area contributed by atoms with Gasteiger partial charge in [-0.05, 0) is 25.7 Å². The van der Waals surface area contributed by atoms with E-state index in [1.54, 1.807) is 0 Å². The van der Waals surface area contributed by atoms with Gasteiger partial charge in [0.1, 0.15) is 0 Å². The molecule has 2 atom stereocenters. The van der Waals surface area contributed by atoms with Crippen LogP contribution in [0.2, 0.25) is 0 Å². The second-order valence-corrected chi connectivity index (χ2v) is 5.93. The zero-order chi connectivity index (χ0) is 12.6. The van der Waals surface area contributed by atoms with Crippen molar-refractivity contribution in [2.45, 2.75) is 66.3 Å². The summed E-state index contributed by atoms with van der Waals surface area (Å²) in [6, 6.07) is 0.566. The molecule has 0 spiro atoms. The van der Waals surface area contributed by atoms with E-state index in [0.717, 1.165) is 18.9 Å². The topological polar surface area (TPSA) is 32.3 Å². The molecule has 98 valence electrons. The number of nitrogens with one attached hydrogen (secondary N) is 1. The second-order valence-electron chi connectivity index (χ2n) is 5.93. The average molecular weight is 229 g/mol. The van der Waals surface area contributed by atoms with E-state index in [1.165, 1.54) is 19.3 Å². The van der Waals surface area contributed by atoms with Crippen LogP contribution in [0.5, 0.6) is 0 Å². The van der Waals surface area contributed by atoms with Crippen molar-refractivity contribution < 1.29 is 5.11 Å². The summed E-state index contributed by atoms with van der Waals surface area (Å²) in [6.07, 6.45) is 4.88. The number of hydrogen-bond acceptors (Lipinski definition) is 2. The van der Waals surface area contributed by atoms with Crippen molar-refractivity contribution in [3.63, 3.8) is 0 Å². The average Bonchev–Trinajstić information content (AvgIpc) is 2.25. The highest BCUT2D eigenvalue weighted by atomic mass is 16.3. The lowest BCUT2D eigenvalue weighted by molar-refractivity contribution is 0.132. The van der Waals surface area contributed by atoms with Crippen molar-refractivity contribution in [2.75, 3.05) is 13.2 Å².